The molecule has 2 rings (SSSR count). The van der Waals surface area contributed by atoms with Crippen LogP contribution in [0.2, 0.25) is 0 Å². The Hall–Kier alpha value is -1.98. The maximum absolute atomic E-state index is 5.44. The molecule has 0 aromatic carbocycles. The zero-order valence-corrected chi connectivity index (χ0v) is 6.12. The van der Waals surface area contributed by atoms with Gasteiger partial charge in [0.2, 0.25) is 0 Å². The number of nitrogens with two attached hydrogens (primary N) is 1. The van der Waals surface area contributed by atoms with Crippen molar-refractivity contribution < 1.29 is 0 Å². The van der Waals surface area contributed by atoms with Crippen LogP contribution in [0.1, 0.15) is 0 Å². The Kier molecular flexibility index (Phi) is 1.44. The molecule has 6 heteroatoms. The number of rotatable bonds is 1. The molecule has 2 heterocycles. The summed E-state index contributed by atoms with van der Waals surface area (Å²) in [7, 11) is 0. The van der Waals surface area contributed by atoms with Crippen LogP contribution in [0.15, 0.2) is 24.7 Å². The zero-order chi connectivity index (χ0) is 8.39. The fraction of sp³-hybridized carbons (Fsp3) is 0. The lowest BCUT2D eigenvalue weighted by Crippen LogP contribution is -2.05. The van der Waals surface area contributed by atoms with Crippen molar-refractivity contribution in [3.05, 3.63) is 24.7 Å². The summed E-state index contributed by atoms with van der Waals surface area (Å²) in [6, 6.07) is 1.60. The van der Waals surface area contributed by atoms with Crippen LogP contribution in [0.25, 0.3) is 5.95 Å². The number of anilines is 1. The summed E-state index contributed by atoms with van der Waals surface area (Å²) < 4.78 is 0. The van der Waals surface area contributed by atoms with Crippen molar-refractivity contribution in [1.82, 2.24) is 25.0 Å². The first-order valence-corrected chi connectivity index (χ1v) is 3.31. The molecule has 6 nitrogen and oxygen atoms in total. The maximum Gasteiger partial charge on any atom is 0.270 e. The molecule has 0 saturated carbocycles. The average Bonchev–Trinajstić information content (AvgIpc) is 2.56. The van der Waals surface area contributed by atoms with Gasteiger partial charge in [-0.3, -0.25) is 0 Å². The summed E-state index contributed by atoms with van der Waals surface area (Å²) in [6.45, 7) is 0. The smallest absolute Gasteiger partial charge is 0.270 e. The van der Waals surface area contributed by atoms with Gasteiger partial charge in [0, 0.05) is 6.20 Å². The number of aromatic nitrogens is 5. The molecule has 2 aromatic rings. The Labute approximate surface area is 68.1 Å². The molecular formula is C6H6N6. The second-order valence-electron chi connectivity index (χ2n) is 2.10. The van der Waals surface area contributed by atoms with Crippen molar-refractivity contribution in [1.29, 1.82) is 0 Å². The normalized spacial score (nSPS) is 10.0. The lowest BCUT2D eigenvalue weighted by Gasteiger charge is -1.96. The first kappa shape index (κ1) is 6.71. The van der Waals surface area contributed by atoms with Gasteiger partial charge in [0.15, 0.2) is 0 Å². The Morgan fingerprint density at radius 3 is 2.58 bits per heavy atom. The topological polar surface area (TPSA) is 82.5 Å². The van der Waals surface area contributed by atoms with Crippen molar-refractivity contribution >= 4 is 5.82 Å². The standard InChI is InChI=1S/C6H6N6/c7-5-1-2-8-6(11-5)12-9-3-4-10-12/h1-4H,(H2,7,8,11). The van der Waals surface area contributed by atoms with Gasteiger partial charge >= 0.3 is 0 Å². The second-order valence-corrected chi connectivity index (χ2v) is 2.10. The Morgan fingerprint density at radius 2 is 1.92 bits per heavy atom. The SMILES string of the molecule is Nc1ccnc(-n2nccn2)n1. The molecule has 0 fully saturated rings. The third-order valence-electron chi connectivity index (χ3n) is 1.26. The number of hydrogen-bond acceptors (Lipinski definition) is 5. The second kappa shape index (κ2) is 2.57. The summed E-state index contributed by atoms with van der Waals surface area (Å²) in [5.41, 5.74) is 5.44. The highest BCUT2D eigenvalue weighted by Crippen LogP contribution is 1.98. The molecule has 0 radical (unpaired) electrons. The van der Waals surface area contributed by atoms with E-state index in [2.05, 4.69) is 20.2 Å². The molecule has 0 spiro atoms. The first-order chi connectivity index (χ1) is 5.86. The van der Waals surface area contributed by atoms with Crippen molar-refractivity contribution in [2.75, 3.05) is 5.73 Å². The highest BCUT2D eigenvalue weighted by atomic mass is 15.5. The summed E-state index contributed by atoms with van der Waals surface area (Å²) in [5.74, 6) is 0.775. The molecule has 2 aromatic heterocycles. The Bertz CT molecular complexity index is 367. The average molecular weight is 162 g/mol. The summed E-state index contributed by atoms with van der Waals surface area (Å²) in [5, 5.41) is 7.71. The summed E-state index contributed by atoms with van der Waals surface area (Å²) in [4.78, 5) is 9.15. The van der Waals surface area contributed by atoms with E-state index in [9.17, 15) is 0 Å². The van der Waals surface area contributed by atoms with Crippen molar-refractivity contribution in [2.24, 2.45) is 0 Å². The number of hydrogen-bond donors (Lipinski definition) is 1. The fourth-order valence-electron chi connectivity index (χ4n) is 0.777. The molecule has 0 amide bonds. The van der Waals surface area contributed by atoms with Crippen LogP contribution in [0.5, 0.6) is 0 Å². The predicted octanol–water partition coefficient (Wildman–Crippen LogP) is -0.361. The first-order valence-electron chi connectivity index (χ1n) is 3.31. The molecule has 2 N–H and O–H groups in total. The van der Waals surface area contributed by atoms with Gasteiger partial charge < -0.3 is 5.73 Å². The van der Waals surface area contributed by atoms with Crippen molar-refractivity contribution in [3.8, 4) is 5.95 Å². The lowest BCUT2D eigenvalue weighted by molar-refractivity contribution is 0.704. The number of nitrogen functional groups attached to an aromatic ring is 1. The minimum absolute atomic E-state index is 0.375. The third kappa shape index (κ3) is 1.09. The third-order valence-corrected chi connectivity index (χ3v) is 1.26. The van der Waals surface area contributed by atoms with Crippen molar-refractivity contribution in [3.63, 3.8) is 0 Å². The van der Waals surface area contributed by atoms with Gasteiger partial charge in [-0.05, 0) is 6.07 Å². The van der Waals surface area contributed by atoms with E-state index in [4.69, 9.17) is 5.73 Å². The van der Waals surface area contributed by atoms with E-state index in [1.54, 1.807) is 24.7 Å². The highest BCUT2D eigenvalue weighted by Gasteiger charge is 1.99. The van der Waals surface area contributed by atoms with E-state index in [0.717, 1.165) is 0 Å². The van der Waals surface area contributed by atoms with E-state index in [-0.39, 0.29) is 0 Å². The van der Waals surface area contributed by atoms with Crippen LogP contribution < -0.4 is 5.73 Å². The van der Waals surface area contributed by atoms with Crippen LogP contribution >= 0.6 is 0 Å². The van der Waals surface area contributed by atoms with Crippen LogP contribution in [0.3, 0.4) is 0 Å². The molecule has 0 aliphatic carbocycles. The Balaban J connectivity index is 2.48. The molecule has 60 valence electrons. The Morgan fingerprint density at radius 1 is 1.17 bits per heavy atom. The zero-order valence-electron chi connectivity index (χ0n) is 6.12. The van der Waals surface area contributed by atoms with E-state index in [1.807, 2.05) is 0 Å². The van der Waals surface area contributed by atoms with Gasteiger partial charge in [-0.25, -0.2) is 4.98 Å². The maximum atomic E-state index is 5.44. The number of nitrogens with zero attached hydrogens (tertiary/aromatic N) is 5. The van der Waals surface area contributed by atoms with Gasteiger partial charge in [0.05, 0.1) is 12.4 Å². The molecule has 0 bridgehead atoms. The van der Waals surface area contributed by atoms with Crippen molar-refractivity contribution in [2.45, 2.75) is 0 Å². The van der Waals surface area contributed by atoms with Gasteiger partial charge in [0.1, 0.15) is 5.82 Å². The fourth-order valence-corrected chi connectivity index (χ4v) is 0.777. The molecule has 0 aliphatic heterocycles. The molecule has 0 unspecified atom stereocenters. The molecule has 0 aliphatic rings. The lowest BCUT2D eigenvalue weighted by atomic mass is 10.6. The summed E-state index contributed by atoms with van der Waals surface area (Å²) >= 11 is 0. The minimum Gasteiger partial charge on any atom is -0.384 e. The largest absolute Gasteiger partial charge is 0.384 e. The van der Waals surface area contributed by atoms with E-state index in [1.165, 1.54) is 4.80 Å². The molecule has 0 saturated heterocycles. The van der Waals surface area contributed by atoms with Crippen LogP contribution in [0.4, 0.5) is 5.82 Å². The molecular weight excluding hydrogens is 156 g/mol. The quantitative estimate of drug-likeness (QED) is 0.619. The van der Waals surface area contributed by atoms with E-state index in [0.29, 0.717) is 11.8 Å². The molecule has 0 atom stereocenters. The van der Waals surface area contributed by atoms with Crippen LogP contribution in [-0.4, -0.2) is 25.0 Å². The summed E-state index contributed by atoms with van der Waals surface area (Å²) in [6.07, 6.45) is 4.65. The molecule has 12 heavy (non-hydrogen) atoms. The van der Waals surface area contributed by atoms with E-state index >= 15 is 0 Å². The van der Waals surface area contributed by atoms with Crippen LogP contribution in [-0.2, 0) is 0 Å². The van der Waals surface area contributed by atoms with E-state index < -0.39 is 0 Å². The van der Waals surface area contributed by atoms with Gasteiger partial charge in [0.25, 0.3) is 5.95 Å². The van der Waals surface area contributed by atoms with Gasteiger partial charge in [-0.2, -0.15) is 15.2 Å². The van der Waals surface area contributed by atoms with Crippen LogP contribution in [0, 0.1) is 0 Å². The van der Waals surface area contributed by atoms with Gasteiger partial charge in [-0.15, -0.1) is 4.80 Å². The predicted molar refractivity (Wildman–Crippen MR) is 41.4 cm³/mol. The minimum atomic E-state index is 0.375. The monoisotopic (exact) mass is 162 g/mol. The highest BCUT2D eigenvalue weighted by molar-refractivity contribution is 5.28. The van der Waals surface area contributed by atoms with Gasteiger partial charge in [-0.1, -0.05) is 0 Å².